The fourth-order valence-electron chi connectivity index (χ4n) is 4.48. The number of hydrogen-bond donors (Lipinski definition) is 0. The molecule has 0 saturated carbocycles. The predicted octanol–water partition coefficient (Wildman–Crippen LogP) is 3.01. The summed E-state index contributed by atoms with van der Waals surface area (Å²) >= 11 is 0. The summed E-state index contributed by atoms with van der Waals surface area (Å²) in [7, 11) is -3.22. The van der Waals surface area contributed by atoms with Crippen LogP contribution in [-0.4, -0.2) is 55.9 Å². The Labute approximate surface area is 177 Å². The quantitative estimate of drug-likeness (QED) is 0.732. The molecule has 2 aliphatic heterocycles. The second-order valence-electron chi connectivity index (χ2n) is 8.57. The molecule has 2 saturated heterocycles. The van der Waals surface area contributed by atoms with Crippen LogP contribution >= 0.6 is 0 Å². The van der Waals surface area contributed by atoms with E-state index in [1.165, 1.54) is 17.7 Å². The molecule has 5 nitrogen and oxygen atoms in total. The minimum atomic E-state index is -3.22. The van der Waals surface area contributed by atoms with Gasteiger partial charge in [0, 0.05) is 18.3 Å². The largest absolute Gasteiger partial charge is 0.306 e. The van der Waals surface area contributed by atoms with E-state index in [-0.39, 0.29) is 41.9 Å². The van der Waals surface area contributed by atoms with Crippen LogP contribution in [0.2, 0.25) is 0 Å². The molecule has 1 amide bonds. The molecule has 30 heavy (non-hydrogen) atoms. The van der Waals surface area contributed by atoms with Crippen LogP contribution in [0, 0.1) is 5.82 Å². The van der Waals surface area contributed by atoms with Crippen LogP contribution in [0.3, 0.4) is 0 Å². The van der Waals surface area contributed by atoms with Crippen molar-refractivity contribution in [3.8, 4) is 0 Å². The number of hydrogen-bond acceptors (Lipinski definition) is 4. The number of carbonyl (C=O) groups is 1. The monoisotopic (exact) mass is 430 g/mol. The number of carbonyl (C=O) groups excluding carboxylic acids is 1. The van der Waals surface area contributed by atoms with Gasteiger partial charge in [0.25, 0.3) is 0 Å². The van der Waals surface area contributed by atoms with Crippen molar-refractivity contribution < 1.29 is 17.6 Å². The van der Waals surface area contributed by atoms with Crippen LogP contribution < -0.4 is 4.90 Å². The number of nitrogens with zero attached hydrogens (tertiary/aromatic N) is 2. The highest BCUT2D eigenvalue weighted by Crippen LogP contribution is 2.32. The molecule has 2 heterocycles. The first-order valence-electron chi connectivity index (χ1n) is 10.3. The second-order valence-corrected chi connectivity index (χ2v) is 10.7. The van der Waals surface area contributed by atoms with Gasteiger partial charge in [-0.25, -0.2) is 12.8 Å². The first kappa shape index (κ1) is 21.0. The zero-order valence-electron chi connectivity index (χ0n) is 17.3. The van der Waals surface area contributed by atoms with Crippen molar-refractivity contribution in [2.75, 3.05) is 29.5 Å². The number of anilines is 1. The molecule has 0 spiro atoms. The summed E-state index contributed by atoms with van der Waals surface area (Å²) in [5.74, 6) is 0.0764. The maximum Gasteiger partial charge on any atom is 0.241 e. The molecule has 4 rings (SSSR count). The third-order valence-corrected chi connectivity index (χ3v) is 7.84. The lowest BCUT2D eigenvalue weighted by Crippen LogP contribution is -2.62. The molecular weight excluding hydrogens is 403 g/mol. The Bertz CT molecular complexity index is 1020. The Morgan fingerprint density at radius 3 is 2.27 bits per heavy atom. The lowest BCUT2D eigenvalue weighted by Gasteiger charge is -2.43. The molecule has 160 valence electrons. The Morgan fingerprint density at radius 2 is 1.63 bits per heavy atom. The molecule has 2 atom stereocenters. The van der Waals surface area contributed by atoms with E-state index in [2.05, 4.69) is 13.8 Å². The molecule has 2 fully saturated rings. The lowest BCUT2D eigenvalue weighted by molar-refractivity contribution is -0.123. The van der Waals surface area contributed by atoms with E-state index in [4.69, 9.17) is 0 Å². The SMILES string of the molecule is CC(C)c1ccc(N2C(=O)CN(CCc3ccc(F)cc3)[C@H]3CS(=O)(=O)C[C@H]32)cc1. The highest BCUT2D eigenvalue weighted by molar-refractivity contribution is 7.91. The molecule has 2 aromatic rings. The summed E-state index contributed by atoms with van der Waals surface area (Å²) in [6.07, 6.45) is 0.639. The van der Waals surface area contributed by atoms with Crippen molar-refractivity contribution in [1.82, 2.24) is 4.90 Å². The summed E-state index contributed by atoms with van der Waals surface area (Å²) in [5, 5.41) is 0. The van der Waals surface area contributed by atoms with Gasteiger partial charge in [0.1, 0.15) is 5.82 Å². The van der Waals surface area contributed by atoms with E-state index in [1.54, 1.807) is 17.0 Å². The maximum atomic E-state index is 13.1. The molecule has 2 aromatic carbocycles. The Balaban J connectivity index is 1.56. The third-order valence-electron chi connectivity index (χ3n) is 6.14. The number of sulfone groups is 1. The summed E-state index contributed by atoms with van der Waals surface area (Å²) in [6.45, 7) is 4.97. The number of halogens is 1. The van der Waals surface area contributed by atoms with Crippen molar-refractivity contribution >= 4 is 21.4 Å². The van der Waals surface area contributed by atoms with Gasteiger partial charge in [0.05, 0.1) is 24.1 Å². The van der Waals surface area contributed by atoms with Gasteiger partial charge in [-0.1, -0.05) is 38.1 Å². The second kappa shape index (κ2) is 8.12. The van der Waals surface area contributed by atoms with Crippen LogP contribution in [0.5, 0.6) is 0 Å². The van der Waals surface area contributed by atoms with Gasteiger partial charge in [0.2, 0.25) is 5.91 Å². The summed E-state index contributed by atoms with van der Waals surface area (Å²) in [4.78, 5) is 16.7. The smallest absolute Gasteiger partial charge is 0.241 e. The maximum absolute atomic E-state index is 13.1. The van der Waals surface area contributed by atoms with E-state index in [9.17, 15) is 17.6 Å². The zero-order valence-corrected chi connectivity index (χ0v) is 18.1. The van der Waals surface area contributed by atoms with Gasteiger partial charge in [-0.2, -0.15) is 0 Å². The fourth-order valence-corrected chi connectivity index (χ4v) is 6.46. The molecule has 0 radical (unpaired) electrons. The highest BCUT2D eigenvalue weighted by Gasteiger charge is 2.49. The Hall–Kier alpha value is -2.25. The van der Waals surface area contributed by atoms with Crippen molar-refractivity contribution in [3.05, 3.63) is 65.5 Å². The van der Waals surface area contributed by atoms with E-state index in [0.717, 1.165) is 11.3 Å². The minimum absolute atomic E-state index is 0.0115. The Morgan fingerprint density at radius 1 is 1.00 bits per heavy atom. The van der Waals surface area contributed by atoms with Crippen molar-refractivity contribution in [1.29, 1.82) is 0 Å². The van der Waals surface area contributed by atoms with Crippen molar-refractivity contribution in [3.63, 3.8) is 0 Å². The van der Waals surface area contributed by atoms with Crippen LogP contribution in [-0.2, 0) is 21.1 Å². The van der Waals surface area contributed by atoms with Gasteiger partial charge in [-0.05, 0) is 47.7 Å². The van der Waals surface area contributed by atoms with Crippen LogP contribution in [0.1, 0.15) is 30.9 Å². The number of amides is 1. The normalized spacial score (nSPS) is 23.7. The zero-order chi connectivity index (χ0) is 21.5. The lowest BCUT2D eigenvalue weighted by atomic mass is 10.00. The molecule has 2 aliphatic rings. The van der Waals surface area contributed by atoms with Gasteiger partial charge in [-0.15, -0.1) is 0 Å². The third kappa shape index (κ3) is 4.27. The van der Waals surface area contributed by atoms with Crippen LogP contribution in [0.15, 0.2) is 48.5 Å². The summed E-state index contributed by atoms with van der Waals surface area (Å²) < 4.78 is 38.1. The number of benzene rings is 2. The van der Waals surface area contributed by atoms with Crippen LogP contribution in [0.25, 0.3) is 0 Å². The topological polar surface area (TPSA) is 57.7 Å². The minimum Gasteiger partial charge on any atom is -0.306 e. The van der Waals surface area contributed by atoms with E-state index >= 15 is 0 Å². The number of fused-ring (bicyclic) bond motifs is 1. The van der Waals surface area contributed by atoms with Gasteiger partial charge in [0.15, 0.2) is 9.84 Å². The molecule has 7 heteroatoms. The Kier molecular flexibility index (Phi) is 5.68. The molecule has 0 aromatic heterocycles. The molecular formula is C23H27FN2O3S. The number of piperazine rings is 1. The molecule has 0 unspecified atom stereocenters. The molecule has 0 aliphatic carbocycles. The first-order chi connectivity index (χ1) is 14.2. The van der Waals surface area contributed by atoms with Gasteiger partial charge < -0.3 is 4.90 Å². The first-order valence-corrected chi connectivity index (χ1v) is 12.2. The fraction of sp³-hybridized carbons (Fsp3) is 0.435. The van der Waals surface area contributed by atoms with Crippen molar-refractivity contribution in [2.24, 2.45) is 0 Å². The standard InChI is InChI=1S/C23H27FN2O3S/c1-16(2)18-5-9-20(10-6-18)26-22-15-30(28,29)14-21(22)25(13-23(26)27)12-11-17-3-7-19(24)8-4-17/h3-10,16,21-22H,11-15H2,1-2H3/t21-,22+/m0/s1. The van der Waals surface area contributed by atoms with Crippen LogP contribution in [0.4, 0.5) is 10.1 Å². The summed E-state index contributed by atoms with van der Waals surface area (Å²) in [6, 6.07) is 13.5. The molecule has 0 N–H and O–H groups in total. The average Bonchev–Trinajstić information content (AvgIpc) is 3.02. The number of rotatable bonds is 5. The van der Waals surface area contributed by atoms with Gasteiger partial charge in [-0.3, -0.25) is 9.69 Å². The molecule has 0 bridgehead atoms. The summed E-state index contributed by atoms with van der Waals surface area (Å²) in [5.41, 5.74) is 2.90. The van der Waals surface area contributed by atoms with E-state index in [0.29, 0.717) is 18.9 Å². The average molecular weight is 431 g/mol. The van der Waals surface area contributed by atoms with Gasteiger partial charge >= 0.3 is 0 Å². The van der Waals surface area contributed by atoms with E-state index in [1.807, 2.05) is 29.2 Å². The highest BCUT2D eigenvalue weighted by atomic mass is 32.2. The predicted molar refractivity (Wildman–Crippen MR) is 116 cm³/mol. The van der Waals surface area contributed by atoms with E-state index < -0.39 is 9.84 Å². The van der Waals surface area contributed by atoms with Crippen molar-refractivity contribution in [2.45, 2.75) is 38.3 Å².